The highest BCUT2D eigenvalue weighted by atomic mass is 35.5. The molecule has 2 aliphatic rings. The molecule has 0 spiro atoms. The average molecular weight is 280 g/mol. The van der Waals surface area contributed by atoms with Crippen LogP contribution in [-0.4, -0.2) is 35.1 Å². The third-order valence-electron chi connectivity index (χ3n) is 4.07. The molecule has 1 aliphatic heterocycles. The van der Waals surface area contributed by atoms with Gasteiger partial charge >= 0.3 is 0 Å². The Hall–Kier alpha value is -0.640. The van der Waals surface area contributed by atoms with Crippen molar-refractivity contribution in [1.29, 1.82) is 0 Å². The largest absolute Gasteiger partial charge is 0.313 e. The molecule has 4 heteroatoms. The number of nitrogens with one attached hydrogen (secondary N) is 1. The Morgan fingerprint density at radius 2 is 2.16 bits per heavy atom. The van der Waals surface area contributed by atoms with Gasteiger partial charge in [0.05, 0.1) is 5.69 Å². The van der Waals surface area contributed by atoms with Crippen LogP contribution in [0.5, 0.6) is 0 Å². The number of piperidine rings is 1. The van der Waals surface area contributed by atoms with Crippen LogP contribution in [0.3, 0.4) is 0 Å². The minimum absolute atomic E-state index is 0.601. The molecule has 1 saturated carbocycles. The smallest absolute Gasteiger partial charge is 0.129 e. The van der Waals surface area contributed by atoms with Crippen LogP contribution in [0.4, 0.5) is 0 Å². The lowest BCUT2D eigenvalue weighted by atomic mass is 10.0. The molecular formula is C15H22ClN3. The molecule has 1 N–H and O–H groups in total. The summed E-state index contributed by atoms with van der Waals surface area (Å²) in [6.45, 7) is 3.26. The van der Waals surface area contributed by atoms with E-state index in [0.29, 0.717) is 11.2 Å². The van der Waals surface area contributed by atoms with Crippen molar-refractivity contribution in [3.8, 4) is 0 Å². The second-order valence-corrected chi connectivity index (χ2v) is 6.15. The van der Waals surface area contributed by atoms with Crippen LogP contribution >= 0.6 is 11.6 Å². The van der Waals surface area contributed by atoms with Gasteiger partial charge in [-0.15, -0.1) is 0 Å². The van der Waals surface area contributed by atoms with Gasteiger partial charge in [-0.2, -0.15) is 0 Å². The summed E-state index contributed by atoms with van der Waals surface area (Å²) in [5.41, 5.74) is 1.09. The zero-order valence-corrected chi connectivity index (χ0v) is 12.1. The van der Waals surface area contributed by atoms with Gasteiger partial charge < -0.3 is 5.32 Å². The standard InChI is InChI=1S/C15H22ClN3/c16-15-6-3-5-13(18-15)11-19(14-7-8-14)10-12-4-1-2-9-17-12/h3,5-6,12,14,17H,1-2,4,7-11H2. The second kappa shape index (κ2) is 6.21. The maximum absolute atomic E-state index is 5.97. The summed E-state index contributed by atoms with van der Waals surface area (Å²) in [5.74, 6) is 0. The van der Waals surface area contributed by atoms with Gasteiger partial charge in [0.15, 0.2) is 0 Å². The third-order valence-corrected chi connectivity index (χ3v) is 4.28. The molecule has 0 aromatic carbocycles. The molecule has 3 nitrogen and oxygen atoms in total. The van der Waals surface area contributed by atoms with Crippen molar-refractivity contribution in [3.05, 3.63) is 29.0 Å². The van der Waals surface area contributed by atoms with Gasteiger partial charge in [0.2, 0.25) is 0 Å². The molecule has 0 amide bonds. The molecule has 1 saturated heterocycles. The number of pyridine rings is 1. The van der Waals surface area contributed by atoms with Crippen molar-refractivity contribution >= 4 is 11.6 Å². The number of hydrogen-bond acceptors (Lipinski definition) is 3. The van der Waals surface area contributed by atoms with Gasteiger partial charge in [0.1, 0.15) is 5.15 Å². The Kier molecular flexibility index (Phi) is 4.36. The fourth-order valence-corrected chi connectivity index (χ4v) is 3.07. The maximum Gasteiger partial charge on any atom is 0.129 e. The van der Waals surface area contributed by atoms with Crippen molar-refractivity contribution < 1.29 is 0 Å². The van der Waals surface area contributed by atoms with Gasteiger partial charge in [-0.1, -0.05) is 24.1 Å². The Bertz CT molecular complexity index is 414. The summed E-state index contributed by atoms with van der Waals surface area (Å²) in [7, 11) is 0. The summed E-state index contributed by atoms with van der Waals surface area (Å²) >= 11 is 5.97. The lowest BCUT2D eigenvalue weighted by Gasteiger charge is -2.30. The van der Waals surface area contributed by atoms with Crippen LogP contribution in [-0.2, 0) is 6.54 Å². The van der Waals surface area contributed by atoms with E-state index in [1.54, 1.807) is 0 Å². The zero-order valence-electron chi connectivity index (χ0n) is 11.3. The lowest BCUT2D eigenvalue weighted by molar-refractivity contribution is 0.206. The second-order valence-electron chi connectivity index (χ2n) is 5.76. The van der Waals surface area contributed by atoms with Gasteiger partial charge in [-0.3, -0.25) is 4.90 Å². The first-order chi connectivity index (χ1) is 9.31. The molecule has 2 heterocycles. The fourth-order valence-electron chi connectivity index (χ4n) is 2.89. The lowest BCUT2D eigenvalue weighted by Crippen LogP contribution is -2.44. The quantitative estimate of drug-likeness (QED) is 0.840. The van der Waals surface area contributed by atoms with Crippen molar-refractivity contribution in [1.82, 2.24) is 15.2 Å². The summed E-state index contributed by atoms with van der Waals surface area (Å²) in [5, 5.41) is 4.24. The van der Waals surface area contributed by atoms with E-state index in [-0.39, 0.29) is 0 Å². The normalized spacial score (nSPS) is 23.8. The number of halogens is 1. The minimum Gasteiger partial charge on any atom is -0.313 e. The van der Waals surface area contributed by atoms with Gasteiger partial charge in [0, 0.05) is 25.2 Å². The van der Waals surface area contributed by atoms with E-state index in [1.807, 2.05) is 12.1 Å². The van der Waals surface area contributed by atoms with E-state index in [0.717, 1.165) is 24.8 Å². The van der Waals surface area contributed by atoms with E-state index in [9.17, 15) is 0 Å². The molecule has 1 aromatic rings. The topological polar surface area (TPSA) is 28.2 Å². The summed E-state index contributed by atoms with van der Waals surface area (Å²) < 4.78 is 0. The Balaban J connectivity index is 1.60. The molecule has 104 valence electrons. The molecular weight excluding hydrogens is 258 g/mol. The highest BCUT2D eigenvalue weighted by molar-refractivity contribution is 6.29. The molecule has 0 bridgehead atoms. The van der Waals surface area contributed by atoms with Crippen LogP contribution in [0, 0.1) is 0 Å². The zero-order chi connectivity index (χ0) is 13.1. The van der Waals surface area contributed by atoms with Crippen LogP contribution in [0.15, 0.2) is 18.2 Å². The molecule has 3 rings (SSSR count). The SMILES string of the molecule is Clc1cccc(CN(CC2CCCCN2)C2CC2)n1. The Morgan fingerprint density at radius 1 is 1.26 bits per heavy atom. The van der Waals surface area contributed by atoms with Crippen molar-refractivity contribution in [3.63, 3.8) is 0 Å². The van der Waals surface area contributed by atoms with E-state index in [1.165, 1.54) is 38.6 Å². The molecule has 1 aromatic heterocycles. The molecule has 2 fully saturated rings. The van der Waals surface area contributed by atoms with E-state index in [4.69, 9.17) is 11.6 Å². The van der Waals surface area contributed by atoms with E-state index < -0.39 is 0 Å². The van der Waals surface area contributed by atoms with Gasteiger partial charge in [-0.25, -0.2) is 4.98 Å². The molecule has 19 heavy (non-hydrogen) atoms. The highest BCUT2D eigenvalue weighted by Gasteiger charge is 2.31. The predicted octanol–water partition coefficient (Wildman–Crippen LogP) is 2.84. The highest BCUT2D eigenvalue weighted by Crippen LogP contribution is 2.29. The molecule has 1 aliphatic carbocycles. The predicted molar refractivity (Wildman–Crippen MR) is 78.3 cm³/mol. The first-order valence-corrected chi connectivity index (χ1v) is 7.78. The summed E-state index contributed by atoms with van der Waals surface area (Å²) in [4.78, 5) is 7.00. The van der Waals surface area contributed by atoms with Crippen LogP contribution in [0.2, 0.25) is 5.15 Å². The first-order valence-electron chi connectivity index (χ1n) is 7.40. The van der Waals surface area contributed by atoms with Gasteiger partial charge in [-0.05, 0) is 44.4 Å². The molecule has 0 radical (unpaired) electrons. The Labute approximate surface area is 120 Å². The number of nitrogens with zero attached hydrogens (tertiary/aromatic N) is 2. The van der Waals surface area contributed by atoms with Crippen LogP contribution < -0.4 is 5.32 Å². The molecule has 1 unspecified atom stereocenters. The minimum atomic E-state index is 0.601. The average Bonchev–Trinajstić information content (AvgIpc) is 3.23. The van der Waals surface area contributed by atoms with E-state index in [2.05, 4.69) is 21.3 Å². The van der Waals surface area contributed by atoms with Crippen LogP contribution in [0.1, 0.15) is 37.8 Å². The van der Waals surface area contributed by atoms with Crippen molar-refractivity contribution in [2.45, 2.75) is 50.7 Å². The molecule has 1 atom stereocenters. The van der Waals surface area contributed by atoms with E-state index >= 15 is 0 Å². The van der Waals surface area contributed by atoms with Crippen molar-refractivity contribution in [2.75, 3.05) is 13.1 Å². The summed E-state index contributed by atoms with van der Waals surface area (Å²) in [6, 6.07) is 7.34. The maximum atomic E-state index is 5.97. The van der Waals surface area contributed by atoms with Crippen molar-refractivity contribution in [2.24, 2.45) is 0 Å². The Morgan fingerprint density at radius 3 is 2.84 bits per heavy atom. The van der Waals surface area contributed by atoms with Crippen LogP contribution in [0.25, 0.3) is 0 Å². The monoisotopic (exact) mass is 279 g/mol. The fraction of sp³-hybridized carbons (Fsp3) is 0.667. The third kappa shape index (κ3) is 3.91. The number of aromatic nitrogens is 1. The van der Waals surface area contributed by atoms with Gasteiger partial charge in [0.25, 0.3) is 0 Å². The first kappa shape index (κ1) is 13.3. The number of hydrogen-bond donors (Lipinski definition) is 1. The summed E-state index contributed by atoms with van der Waals surface area (Å²) in [6.07, 6.45) is 6.69. The number of rotatable bonds is 5.